The van der Waals surface area contributed by atoms with Crippen molar-refractivity contribution in [3.05, 3.63) is 59.7 Å². The first kappa shape index (κ1) is 23.4. The van der Waals surface area contributed by atoms with Crippen molar-refractivity contribution in [1.82, 2.24) is 10.2 Å². The molecule has 0 saturated carbocycles. The highest BCUT2D eigenvalue weighted by Gasteiger charge is 2.47. The van der Waals surface area contributed by atoms with Crippen molar-refractivity contribution in [3.8, 4) is 11.1 Å². The average Bonchev–Trinajstić information content (AvgIpc) is 3.50. The third kappa shape index (κ3) is 4.38. The molecular formula is C27H30N2O6. The Morgan fingerprint density at radius 3 is 2.37 bits per heavy atom. The van der Waals surface area contributed by atoms with E-state index in [4.69, 9.17) is 9.47 Å². The second-order valence-electron chi connectivity index (χ2n) is 9.61. The van der Waals surface area contributed by atoms with Crippen LogP contribution in [-0.4, -0.2) is 66.9 Å². The van der Waals surface area contributed by atoms with E-state index in [0.29, 0.717) is 38.8 Å². The number of nitrogens with zero attached hydrogens (tertiary/aromatic N) is 1. The first-order valence-corrected chi connectivity index (χ1v) is 12.2. The molecule has 0 bridgehead atoms. The standard InChI is InChI=1S/C27H30N2O6/c30-24(31)23-11-5-13-29(23)25(32)27(12-6-14-34-17-27)16-28-26(33)35-15-22-20-9-3-1-7-18(20)19-8-2-4-10-21(19)22/h1-4,7-10,22-23H,5-6,11-17H2,(H,28,33)(H,30,31). The van der Waals surface area contributed by atoms with Crippen LogP contribution in [0.15, 0.2) is 48.5 Å². The van der Waals surface area contributed by atoms with Crippen LogP contribution in [0.4, 0.5) is 4.79 Å². The number of ether oxygens (including phenoxy) is 2. The fourth-order valence-electron chi connectivity index (χ4n) is 5.70. The van der Waals surface area contributed by atoms with Gasteiger partial charge in [-0.3, -0.25) is 4.79 Å². The van der Waals surface area contributed by atoms with Crippen molar-refractivity contribution < 1.29 is 29.0 Å². The lowest BCUT2D eigenvalue weighted by Gasteiger charge is -2.39. The highest BCUT2D eigenvalue weighted by Crippen LogP contribution is 2.44. The summed E-state index contributed by atoms with van der Waals surface area (Å²) in [5, 5.41) is 12.3. The zero-order chi connectivity index (χ0) is 24.4. The van der Waals surface area contributed by atoms with E-state index >= 15 is 0 Å². The fourth-order valence-corrected chi connectivity index (χ4v) is 5.70. The number of alkyl carbamates (subject to hydrolysis) is 1. The van der Waals surface area contributed by atoms with Gasteiger partial charge < -0.3 is 24.8 Å². The van der Waals surface area contributed by atoms with Gasteiger partial charge in [-0.25, -0.2) is 9.59 Å². The van der Waals surface area contributed by atoms with Gasteiger partial charge in [0.05, 0.1) is 12.0 Å². The first-order valence-electron chi connectivity index (χ1n) is 12.2. The summed E-state index contributed by atoms with van der Waals surface area (Å²) in [4.78, 5) is 39.3. The third-order valence-electron chi connectivity index (χ3n) is 7.49. The van der Waals surface area contributed by atoms with E-state index in [0.717, 1.165) is 22.3 Å². The Morgan fingerprint density at radius 2 is 1.74 bits per heavy atom. The highest BCUT2D eigenvalue weighted by molar-refractivity contribution is 5.89. The predicted molar refractivity (Wildman–Crippen MR) is 128 cm³/mol. The van der Waals surface area contributed by atoms with Crippen LogP contribution >= 0.6 is 0 Å². The van der Waals surface area contributed by atoms with Gasteiger partial charge >= 0.3 is 12.1 Å². The van der Waals surface area contributed by atoms with Gasteiger partial charge in [0, 0.05) is 25.6 Å². The van der Waals surface area contributed by atoms with Crippen LogP contribution in [0.5, 0.6) is 0 Å². The number of hydrogen-bond acceptors (Lipinski definition) is 5. The number of carbonyl (C=O) groups is 3. The van der Waals surface area contributed by atoms with Crippen LogP contribution in [0.1, 0.15) is 42.7 Å². The Kier molecular flexibility index (Phi) is 6.47. The molecule has 2 fully saturated rings. The van der Waals surface area contributed by atoms with Gasteiger partial charge in [0.15, 0.2) is 0 Å². The molecule has 2 N–H and O–H groups in total. The number of fused-ring (bicyclic) bond motifs is 3. The van der Waals surface area contributed by atoms with Crippen LogP contribution in [-0.2, 0) is 19.1 Å². The number of benzene rings is 2. The molecule has 0 aromatic heterocycles. The Morgan fingerprint density at radius 1 is 1.06 bits per heavy atom. The van der Waals surface area contributed by atoms with E-state index in [-0.39, 0.29) is 31.6 Å². The largest absolute Gasteiger partial charge is 0.480 e. The van der Waals surface area contributed by atoms with E-state index in [1.54, 1.807) is 0 Å². The molecule has 8 nitrogen and oxygen atoms in total. The quantitative estimate of drug-likeness (QED) is 0.659. The summed E-state index contributed by atoms with van der Waals surface area (Å²) < 4.78 is 11.3. The molecule has 2 heterocycles. The van der Waals surface area contributed by atoms with Crippen molar-refractivity contribution in [1.29, 1.82) is 0 Å². The fraction of sp³-hybridized carbons (Fsp3) is 0.444. The van der Waals surface area contributed by atoms with Gasteiger partial charge in [-0.2, -0.15) is 0 Å². The van der Waals surface area contributed by atoms with Gasteiger partial charge in [-0.05, 0) is 47.9 Å². The molecule has 8 heteroatoms. The molecule has 0 radical (unpaired) electrons. The summed E-state index contributed by atoms with van der Waals surface area (Å²) in [5.74, 6) is -1.31. The van der Waals surface area contributed by atoms with Gasteiger partial charge in [0.1, 0.15) is 12.6 Å². The molecule has 2 amide bonds. The summed E-state index contributed by atoms with van der Waals surface area (Å²) in [7, 11) is 0. The molecule has 35 heavy (non-hydrogen) atoms. The number of rotatable bonds is 6. The Bertz CT molecular complexity index is 1080. The van der Waals surface area contributed by atoms with Gasteiger partial charge in [0.25, 0.3) is 0 Å². The number of aliphatic carboxylic acids is 1. The van der Waals surface area contributed by atoms with Crippen molar-refractivity contribution in [2.24, 2.45) is 5.41 Å². The molecule has 5 rings (SSSR count). The maximum atomic E-state index is 13.5. The molecule has 2 aromatic carbocycles. The lowest BCUT2D eigenvalue weighted by Crippen LogP contribution is -2.56. The van der Waals surface area contributed by atoms with Crippen molar-refractivity contribution in [2.75, 3.05) is 32.9 Å². The molecule has 3 aliphatic rings. The zero-order valence-corrected chi connectivity index (χ0v) is 19.6. The molecule has 1 aliphatic carbocycles. The normalized spacial score (nSPS) is 23.4. The second kappa shape index (κ2) is 9.70. The van der Waals surface area contributed by atoms with Crippen LogP contribution < -0.4 is 5.32 Å². The number of carboxylic acid groups (broad SMARTS) is 1. The van der Waals surface area contributed by atoms with Crippen LogP contribution in [0, 0.1) is 5.41 Å². The number of hydrogen-bond donors (Lipinski definition) is 2. The number of likely N-dealkylation sites (tertiary alicyclic amines) is 1. The lowest BCUT2D eigenvalue weighted by molar-refractivity contribution is -0.158. The average molecular weight is 479 g/mol. The molecule has 2 unspecified atom stereocenters. The zero-order valence-electron chi connectivity index (χ0n) is 19.6. The topological polar surface area (TPSA) is 105 Å². The molecule has 0 spiro atoms. The van der Waals surface area contributed by atoms with Crippen molar-refractivity contribution in [2.45, 2.75) is 37.6 Å². The van der Waals surface area contributed by atoms with E-state index < -0.39 is 23.5 Å². The molecular weight excluding hydrogens is 448 g/mol. The molecule has 2 aromatic rings. The van der Waals surface area contributed by atoms with Crippen molar-refractivity contribution >= 4 is 18.0 Å². The van der Waals surface area contributed by atoms with E-state index in [1.807, 2.05) is 24.3 Å². The number of nitrogens with one attached hydrogen (secondary N) is 1. The summed E-state index contributed by atoms with van der Waals surface area (Å²) in [5.41, 5.74) is 3.58. The molecule has 2 saturated heterocycles. The van der Waals surface area contributed by atoms with E-state index in [2.05, 4.69) is 29.6 Å². The van der Waals surface area contributed by atoms with Crippen molar-refractivity contribution in [3.63, 3.8) is 0 Å². The highest BCUT2D eigenvalue weighted by atomic mass is 16.5. The first-order chi connectivity index (χ1) is 17.0. The van der Waals surface area contributed by atoms with E-state index in [9.17, 15) is 19.5 Å². The minimum atomic E-state index is -0.993. The Labute approximate surface area is 204 Å². The number of carbonyl (C=O) groups excluding carboxylic acids is 2. The third-order valence-corrected chi connectivity index (χ3v) is 7.49. The summed E-state index contributed by atoms with van der Waals surface area (Å²) in [6.45, 7) is 1.33. The summed E-state index contributed by atoms with van der Waals surface area (Å²) in [6.07, 6.45) is 1.69. The Balaban J connectivity index is 1.25. The maximum absolute atomic E-state index is 13.5. The van der Waals surface area contributed by atoms with E-state index in [1.165, 1.54) is 4.90 Å². The van der Waals surface area contributed by atoms with Crippen LogP contribution in [0.2, 0.25) is 0 Å². The molecule has 2 atom stereocenters. The number of amides is 2. The Hall–Kier alpha value is -3.39. The van der Waals surface area contributed by atoms with Crippen LogP contribution in [0.3, 0.4) is 0 Å². The molecule has 184 valence electrons. The SMILES string of the molecule is O=C(NCC1(C(=O)N2CCCC2C(=O)O)CCCOC1)OCC1c2ccccc2-c2ccccc21. The second-order valence-corrected chi connectivity index (χ2v) is 9.61. The monoisotopic (exact) mass is 478 g/mol. The van der Waals surface area contributed by atoms with Gasteiger partial charge in [-0.15, -0.1) is 0 Å². The van der Waals surface area contributed by atoms with Crippen LogP contribution in [0.25, 0.3) is 11.1 Å². The minimum absolute atomic E-state index is 0.0470. The number of carboxylic acids is 1. The maximum Gasteiger partial charge on any atom is 0.407 e. The lowest BCUT2D eigenvalue weighted by atomic mass is 9.80. The smallest absolute Gasteiger partial charge is 0.407 e. The predicted octanol–water partition coefficient (Wildman–Crippen LogP) is 3.40. The minimum Gasteiger partial charge on any atom is -0.480 e. The molecule has 2 aliphatic heterocycles. The van der Waals surface area contributed by atoms with Gasteiger partial charge in [-0.1, -0.05) is 48.5 Å². The summed E-state index contributed by atoms with van der Waals surface area (Å²) in [6, 6.07) is 15.4. The van der Waals surface area contributed by atoms with Gasteiger partial charge in [0.2, 0.25) is 5.91 Å². The summed E-state index contributed by atoms with van der Waals surface area (Å²) >= 11 is 0.